The molecule has 1 aliphatic carbocycles. The van der Waals surface area contributed by atoms with Crippen LogP contribution in [0.25, 0.3) is 0 Å². The number of hydrogen-bond acceptors (Lipinski definition) is 8. The van der Waals surface area contributed by atoms with Crippen molar-refractivity contribution < 1.29 is 35.4 Å². The molecular formula is C42H48N3O8S3+. The standard InChI is InChI=1S/C42H47N3O8S3/c1-41(2)34-14-5-7-16-36(34)43(26-10-28-55(48,49)50)38(41)24-18-30-12-9-13-31(40(30)54-33-22-20-32(21-23-33)45(46)47)19-25-39-42(3,4)35-15-6-8-17-37(35)44(39)27-11-29-56(51,52)53/h5-8,14-25H,9-13,26-29H2,1-4H3,(H-,48,49,50,51,52,53)/p+1. The maximum Gasteiger partial charge on any atom is 0.269 e. The van der Waals surface area contributed by atoms with Crippen molar-refractivity contribution in [3.05, 3.63) is 140 Å². The van der Waals surface area contributed by atoms with Crippen molar-refractivity contribution >= 4 is 54.8 Å². The Labute approximate surface area is 333 Å². The number of rotatable bonds is 14. The molecule has 3 aliphatic rings. The Balaban J connectivity index is 1.44. The largest absolute Gasteiger partial charge is 0.344 e. The smallest absolute Gasteiger partial charge is 0.269 e. The number of allylic oxidation sites excluding steroid dienone is 7. The van der Waals surface area contributed by atoms with Gasteiger partial charge < -0.3 is 4.90 Å². The molecule has 0 atom stereocenters. The van der Waals surface area contributed by atoms with Gasteiger partial charge in [-0.3, -0.25) is 19.2 Å². The molecule has 0 aromatic heterocycles. The van der Waals surface area contributed by atoms with Gasteiger partial charge >= 0.3 is 0 Å². The first kappa shape index (κ1) is 41.3. The van der Waals surface area contributed by atoms with Gasteiger partial charge in [0.1, 0.15) is 6.54 Å². The van der Waals surface area contributed by atoms with Crippen LogP contribution in [0.15, 0.2) is 124 Å². The van der Waals surface area contributed by atoms with Crippen LogP contribution in [0.1, 0.15) is 70.9 Å². The second kappa shape index (κ2) is 16.3. The average molecular weight is 819 g/mol. The third-order valence-electron chi connectivity index (χ3n) is 10.8. The van der Waals surface area contributed by atoms with E-state index in [1.165, 1.54) is 12.1 Å². The summed E-state index contributed by atoms with van der Waals surface area (Å²) in [5, 5.41) is 11.4. The molecule has 14 heteroatoms. The minimum Gasteiger partial charge on any atom is -0.344 e. The van der Waals surface area contributed by atoms with E-state index in [-0.39, 0.29) is 30.0 Å². The molecule has 2 heterocycles. The van der Waals surface area contributed by atoms with Gasteiger partial charge in [-0.2, -0.15) is 21.4 Å². The first-order chi connectivity index (χ1) is 26.4. The zero-order valence-corrected chi connectivity index (χ0v) is 34.5. The van der Waals surface area contributed by atoms with Crippen LogP contribution >= 0.6 is 11.8 Å². The van der Waals surface area contributed by atoms with Crippen LogP contribution in [0, 0.1) is 10.1 Å². The maximum atomic E-state index is 11.6. The van der Waals surface area contributed by atoms with Gasteiger partial charge in [-0.25, -0.2) is 0 Å². The number of para-hydroxylation sites is 2. The highest BCUT2D eigenvalue weighted by Gasteiger charge is 2.44. The molecule has 296 valence electrons. The van der Waals surface area contributed by atoms with Gasteiger partial charge in [-0.15, -0.1) is 0 Å². The third kappa shape index (κ3) is 9.10. The summed E-state index contributed by atoms with van der Waals surface area (Å²) in [6, 6.07) is 22.7. The summed E-state index contributed by atoms with van der Waals surface area (Å²) in [4.78, 5) is 15.1. The Kier molecular flexibility index (Phi) is 12.0. The lowest BCUT2D eigenvalue weighted by molar-refractivity contribution is -0.437. The topological polar surface area (TPSA) is 158 Å². The van der Waals surface area contributed by atoms with E-state index < -0.39 is 36.0 Å². The van der Waals surface area contributed by atoms with E-state index in [0.717, 1.165) is 74.1 Å². The van der Waals surface area contributed by atoms with Crippen molar-refractivity contribution in [1.82, 2.24) is 0 Å². The first-order valence-electron chi connectivity index (χ1n) is 18.6. The van der Waals surface area contributed by atoms with Gasteiger partial charge in [0.25, 0.3) is 25.9 Å². The van der Waals surface area contributed by atoms with E-state index in [9.17, 15) is 36.1 Å². The van der Waals surface area contributed by atoms with E-state index in [2.05, 4.69) is 73.6 Å². The molecule has 56 heavy (non-hydrogen) atoms. The predicted molar refractivity (Wildman–Crippen MR) is 223 cm³/mol. The number of nitro groups is 1. The number of nitrogens with zero attached hydrogens (tertiary/aromatic N) is 3. The fourth-order valence-corrected chi connectivity index (χ4v) is 10.1. The summed E-state index contributed by atoms with van der Waals surface area (Å²) in [6.07, 6.45) is 11.5. The molecule has 0 saturated carbocycles. The van der Waals surface area contributed by atoms with Gasteiger partial charge in [0.2, 0.25) is 5.69 Å². The first-order valence-corrected chi connectivity index (χ1v) is 22.7. The van der Waals surface area contributed by atoms with Crippen molar-refractivity contribution in [1.29, 1.82) is 0 Å². The molecule has 0 radical (unpaired) electrons. The van der Waals surface area contributed by atoms with Crippen LogP contribution in [0.2, 0.25) is 0 Å². The fourth-order valence-electron chi connectivity index (χ4n) is 8.04. The molecule has 2 N–H and O–H groups in total. The molecule has 2 aliphatic heterocycles. The summed E-state index contributed by atoms with van der Waals surface area (Å²) >= 11 is 1.56. The quantitative estimate of drug-likeness (QED) is 0.0697. The second-order valence-electron chi connectivity index (χ2n) is 15.4. The van der Waals surface area contributed by atoms with Crippen molar-refractivity contribution in [2.75, 3.05) is 29.5 Å². The molecule has 3 aromatic rings. The fraction of sp³-hybridized carbons (Fsp3) is 0.357. The van der Waals surface area contributed by atoms with Crippen LogP contribution in [-0.2, 0) is 31.1 Å². The van der Waals surface area contributed by atoms with Crippen LogP contribution in [0.5, 0.6) is 0 Å². The van der Waals surface area contributed by atoms with Crippen molar-refractivity contribution in [3.8, 4) is 0 Å². The summed E-state index contributed by atoms with van der Waals surface area (Å²) in [7, 11) is -8.24. The zero-order valence-electron chi connectivity index (χ0n) is 32.0. The summed E-state index contributed by atoms with van der Waals surface area (Å²) in [5.41, 5.74) is 7.68. The Morgan fingerprint density at radius 2 is 1.46 bits per heavy atom. The van der Waals surface area contributed by atoms with Crippen molar-refractivity contribution in [2.24, 2.45) is 0 Å². The number of nitro benzene ring substituents is 1. The van der Waals surface area contributed by atoms with E-state index in [1.807, 2.05) is 36.4 Å². The van der Waals surface area contributed by atoms with Crippen LogP contribution in [0.4, 0.5) is 17.1 Å². The molecule has 0 amide bonds. The lowest BCUT2D eigenvalue weighted by Crippen LogP contribution is -2.28. The normalized spacial score (nSPS) is 19.4. The van der Waals surface area contributed by atoms with Crippen LogP contribution < -0.4 is 4.90 Å². The summed E-state index contributed by atoms with van der Waals surface area (Å²) in [5.74, 6) is -0.679. The average Bonchev–Trinajstić information content (AvgIpc) is 3.48. The number of non-ortho nitro benzene ring substituents is 1. The lowest BCUT2D eigenvalue weighted by Gasteiger charge is -2.27. The Morgan fingerprint density at radius 1 is 0.821 bits per heavy atom. The van der Waals surface area contributed by atoms with Gasteiger partial charge in [0.05, 0.1) is 21.8 Å². The molecule has 0 fully saturated rings. The molecular weight excluding hydrogens is 771 g/mol. The Morgan fingerprint density at radius 3 is 2.14 bits per heavy atom. The lowest BCUT2D eigenvalue weighted by atomic mass is 9.81. The predicted octanol–water partition coefficient (Wildman–Crippen LogP) is 8.92. The molecule has 3 aromatic carbocycles. The number of thioether (sulfide) groups is 1. The molecule has 0 unspecified atom stereocenters. The number of hydrogen-bond donors (Lipinski definition) is 2. The molecule has 11 nitrogen and oxygen atoms in total. The van der Waals surface area contributed by atoms with Crippen molar-refractivity contribution in [3.63, 3.8) is 0 Å². The molecule has 0 bridgehead atoms. The third-order valence-corrected chi connectivity index (χ3v) is 13.6. The SMILES string of the molecule is CC1(C)C(=CC=C2CCCC(C=CC3=[N+](CCCS(=O)(=O)O)c4ccccc4C3(C)C)=C2Sc2ccc([N+](=O)[O-])cc2)N(CCCS(=O)(=O)O)c2ccccc21. The van der Waals surface area contributed by atoms with Gasteiger partial charge in [-0.1, -0.05) is 74.2 Å². The monoisotopic (exact) mass is 818 g/mol. The number of benzene rings is 3. The van der Waals surface area contributed by atoms with E-state index in [1.54, 1.807) is 23.9 Å². The van der Waals surface area contributed by atoms with E-state index in [4.69, 9.17) is 0 Å². The second-order valence-corrected chi connectivity index (χ2v) is 19.6. The van der Waals surface area contributed by atoms with Crippen LogP contribution in [0.3, 0.4) is 0 Å². The van der Waals surface area contributed by atoms with Gasteiger partial charge in [-0.05, 0) is 80.5 Å². The van der Waals surface area contributed by atoms with E-state index >= 15 is 0 Å². The molecule has 0 saturated heterocycles. The van der Waals surface area contributed by atoms with Crippen LogP contribution in [-0.4, -0.2) is 65.7 Å². The maximum absolute atomic E-state index is 11.6. The Bertz CT molecular complexity index is 2410. The zero-order chi connectivity index (χ0) is 40.5. The minimum atomic E-state index is -4.12. The summed E-state index contributed by atoms with van der Waals surface area (Å²) in [6.45, 7) is 9.41. The van der Waals surface area contributed by atoms with Crippen molar-refractivity contribution in [2.45, 2.75) is 75.5 Å². The molecule has 6 rings (SSSR count). The number of fused-ring (bicyclic) bond motifs is 2. The van der Waals surface area contributed by atoms with Gasteiger partial charge in [0.15, 0.2) is 5.71 Å². The highest BCUT2D eigenvalue weighted by atomic mass is 32.2. The Hall–Kier alpha value is -4.34. The number of anilines is 1. The van der Waals surface area contributed by atoms with E-state index in [0.29, 0.717) is 13.1 Å². The molecule has 0 spiro atoms. The summed E-state index contributed by atoms with van der Waals surface area (Å²) < 4.78 is 67.6. The highest BCUT2D eigenvalue weighted by molar-refractivity contribution is 8.03. The highest BCUT2D eigenvalue weighted by Crippen LogP contribution is 2.49. The van der Waals surface area contributed by atoms with Gasteiger partial charge in [0, 0.05) is 69.4 Å². The minimum absolute atomic E-state index is 0.0123.